The topological polar surface area (TPSA) is 64.4 Å². The number of carbonyl (C=O) groups excluding carboxylic acids is 1. The molecule has 0 unspecified atom stereocenters. The second-order valence-corrected chi connectivity index (χ2v) is 6.06. The van der Waals surface area contributed by atoms with Crippen LogP contribution in [-0.4, -0.2) is 18.2 Å². The van der Waals surface area contributed by atoms with Crippen LogP contribution in [0, 0.1) is 0 Å². The number of benzene rings is 1. The van der Waals surface area contributed by atoms with Crippen LogP contribution in [0.25, 0.3) is 0 Å². The molecule has 6 heteroatoms. The van der Waals surface area contributed by atoms with E-state index in [4.69, 9.17) is 20.9 Å². The number of aromatic nitrogens is 1. The zero-order valence-electron chi connectivity index (χ0n) is 12.4. The summed E-state index contributed by atoms with van der Waals surface area (Å²) in [7, 11) is 1.49. The molecule has 1 aromatic carbocycles. The molecule has 1 heterocycles. The fourth-order valence-corrected chi connectivity index (χ4v) is 1.90. The molecule has 1 N–H and O–H groups in total. The third-order valence-corrected chi connectivity index (χ3v) is 3.13. The van der Waals surface area contributed by atoms with Crippen LogP contribution in [0.5, 0.6) is 5.75 Å². The number of nitrogens with one attached hydrogen (secondary N) is 1. The number of amides is 1. The molecule has 5 nitrogen and oxygen atoms in total. The fourth-order valence-electron chi connectivity index (χ4n) is 1.73. The highest BCUT2D eigenvalue weighted by molar-refractivity contribution is 6.31. The zero-order chi connectivity index (χ0) is 15.6. The van der Waals surface area contributed by atoms with Crippen LogP contribution < -0.4 is 10.1 Å². The van der Waals surface area contributed by atoms with Crippen molar-refractivity contribution in [1.29, 1.82) is 0 Å². The summed E-state index contributed by atoms with van der Waals surface area (Å²) in [6, 6.07) is 6.54. The molecule has 0 fully saturated rings. The van der Waals surface area contributed by atoms with E-state index in [0.29, 0.717) is 27.9 Å². The van der Waals surface area contributed by atoms with Crippen LogP contribution in [0.4, 0.5) is 5.82 Å². The number of hydrogen-bond acceptors (Lipinski definition) is 4. The molecule has 1 aromatic heterocycles. The minimum atomic E-state index is -0.358. The Labute approximate surface area is 128 Å². The van der Waals surface area contributed by atoms with Gasteiger partial charge in [-0.05, 0) is 18.2 Å². The number of nitrogens with zero attached hydrogens (tertiary/aromatic N) is 1. The van der Waals surface area contributed by atoms with E-state index in [-0.39, 0.29) is 11.3 Å². The zero-order valence-corrected chi connectivity index (χ0v) is 13.1. The van der Waals surface area contributed by atoms with Crippen LogP contribution in [0.3, 0.4) is 0 Å². The Balaban J connectivity index is 2.22. The summed E-state index contributed by atoms with van der Waals surface area (Å²) in [5, 5.41) is 6.97. The van der Waals surface area contributed by atoms with Crippen molar-refractivity contribution in [2.24, 2.45) is 0 Å². The summed E-state index contributed by atoms with van der Waals surface area (Å²) < 4.78 is 10.4. The van der Waals surface area contributed by atoms with Crippen molar-refractivity contribution >= 4 is 23.3 Å². The second kappa shape index (κ2) is 5.77. The lowest BCUT2D eigenvalue weighted by atomic mass is 9.93. The quantitative estimate of drug-likeness (QED) is 0.934. The summed E-state index contributed by atoms with van der Waals surface area (Å²) >= 11 is 5.92. The molecule has 2 rings (SSSR count). The first-order valence-electron chi connectivity index (χ1n) is 6.43. The lowest BCUT2D eigenvalue weighted by Gasteiger charge is -2.12. The van der Waals surface area contributed by atoms with Gasteiger partial charge in [-0.15, -0.1) is 0 Å². The van der Waals surface area contributed by atoms with Gasteiger partial charge in [0, 0.05) is 16.5 Å². The molecule has 0 atom stereocenters. The Morgan fingerprint density at radius 3 is 2.62 bits per heavy atom. The van der Waals surface area contributed by atoms with E-state index in [9.17, 15) is 4.79 Å². The maximum atomic E-state index is 12.3. The third kappa shape index (κ3) is 3.55. The van der Waals surface area contributed by atoms with Crippen molar-refractivity contribution in [2.45, 2.75) is 26.2 Å². The van der Waals surface area contributed by atoms with Gasteiger partial charge in [-0.25, -0.2) is 0 Å². The van der Waals surface area contributed by atoms with Crippen molar-refractivity contribution in [3.05, 3.63) is 40.6 Å². The van der Waals surface area contributed by atoms with E-state index < -0.39 is 0 Å². The lowest BCUT2D eigenvalue weighted by Crippen LogP contribution is -2.13. The highest BCUT2D eigenvalue weighted by Gasteiger charge is 2.21. The summed E-state index contributed by atoms with van der Waals surface area (Å²) in [4.78, 5) is 12.3. The molecule has 0 aliphatic carbocycles. The van der Waals surface area contributed by atoms with E-state index in [1.54, 1.807) is 24.3 Å². The molecule has 0 saturated heterocycles. The summed E-state index contributed by atoms with van der Waals surface area (Å²) in [5.74, 6) is 1.13. The smallest absolute Gasteiger partial charge is 0.260 e. The van der Waals surface area contributed by atoms with E-state index in [0.717, 1.165) is 0 Å². The van der Waals surface area contributed by atoms with Crippen LogP contribution in [0.2, 0.25) is 5.02 Å². The summed E-state index contributed by atoms with van der Waals surface area (Å²) in [6.07, 6.45) is 0. The van der Waals surface area contributed by atoms with Crippen LogP contribution >= 0.6 is 11.6 Å². The highest BCUT2D eigenvalue weighted by Crippen LogP contribution is 2.26. The number of anilines is 1. The van der Waals surface area contributed by atoms with E-state index >= 15 is 0 Å². The number of carbonyl (C=O) groups is 1. The SMILES string of the molecule is COc1ccc(Cl)cc1C(=O)Nc1cc(C(C)(C)C)on1. The molecular formula is C15H17ClN2O3. The van der Waals surface area contributed by atoms with Gasteiger partial charge in [-0.1, -0.05) is 37.5 Å². The minimum absolute atomic E-state index is 0.177. The summed E-state index contributed by atoms with van der Waals surface area (Å²) in [6.45, 7) is 6.00. The van der Waals surface area contributed by atoms with Gasteiger partial charge >= 0.3 is 0 Å². The lowest BCUT2D eigenvalue weighted by molar-refractivity contribution is 0.102. The Hall–Kier alpha value is -2.01. The van der Waals surface area contributed by atoms with Crippen LogP contribution in [0.15, 0.2) is 28.8 Å². The Kier molecular flexibility index (Phi) is 4.23. The van der Waals surface area contributed by atoms with Gasteiger partial charge in [0.05, 0.1) is 12.7 Å². The number of methoxy groups -OCH3 is 1. The molecule has 0 aliphatic rings. The third-order valence-electron chi connectivity index (χ3n) is 2.90. The molecule has 0 bridgehead atoms. The van der Waals surface area contributed by atoms with Crippen molar-refractivity contribution in [3.63, 3.8) is 0 Å². The molecule has 0 saturated carbocycles. The Bertz CT molecular complexity index is 659. The Morgan fingerprint density at radius 2 is 2.05 bits per heavy atom. The van der Waals surface area contributed by atoms with Gasteiger partial charge in [-0.3, -0.25) is 4.79 Å². The first-order valence-corrected chi connectivity index (χ1v) is 6.81. The molecule has 112 valence electrons. The Morgan fingerprint density at radius 1 is 1.33 bits per heavy atom. The highest BCUT2D eigenvalue weighted by atomic mass is 35.5. The molecule has 2 aromatic rings. The largest absolute Gasteiger partial charge is 0.496 e. The molecule has 0 spiro atoms. The van der Waals surface area contributed by atoms with Crippen LogP contribution in [0.1, 0.15) is 36.9 Å². The van der Waals surface area contributed by atoms with Gasteiger partial charge in [0.1, 0.15) is 11.5 Å². The van der Waals surface area contributed by atoms with E-state index in [2.05, 4.69) is 10.5 Å². The van der Waals surface area contributed by atoms with Crippen molar-refractivity contribution < 1.29 is 14.1 Å². The standard InChI is InChI=1S/C15H17ClN2O3/c1-15(2,3)12-8-13(18-21-12)17-14(19)10-7-9(16)5-6-11(10)20-4/h5-8H,1-4H3,(H,17,18,19). The molecule has 1 amide bonds. The van der Waals surface area contributed by atoms with Crippen molar-refractivity contribution in [1.82, 2.24) is 5.16 Å². The first kappa shape index (κ1) is 15.4. The average Bonchev–Trinajstić information content (AvgIpc) is 2.87. The number of ether oxygens (including phenoxy) is 1. The second-order valence-electron chi connectivity index (χ2n) is 5.63. The van der Waals surface area contributed by atoms with E-state index in [1.807, 2.05) is 20.8 Å². The van der Waals surface area contributed by atoms with Crippen molar-refractivity contribution in [3.8, 4) is 5.75 Å². The van der Waals surface area contributed by atoms with Crippen LogP contribution in [-0.2, 0) is 5.41 Å². The minimum Gasteiger partial charge on any atom is -0.496 e. The van der Waals surface area contributed by atoms with Gasteiger partial charge in [0.15, 0.2) is 5.82 Å². The first-order chi connectivity index (χ1) is 9.81. The number of hydrogen-bond donors (Lipinski definition) is 1. The van der Waals surface area contributed by atoms with Gasteiger partial charge in [-0.2, -0.15) is 0 Å². The van der Waals surface area contributed by atoms with Crippen molar-refractivity contribution in [2.75, 3.05) is 12.4 Å². The van der Waals surface area contributed by atoms with E-state index in [1.165, 1.54) is 7.11 Å². The molecule has 0 radical (unpaired) electrons. The molecular weight excluding hydrogens is 292 g/mol. The monoisotopic (exact) mass is 308 g/mol. The fraction of sp³-hybridized carbons (Fsp3) is 0.333. The molecule has 0 aliphatic heterocycles. The van der Waals surface area contributed by atoms with Gasteiger partial charge < -0.3 is 14.6 Å². The average molecular weight is 309 g/mol. The van der Waals surface area contributed by atoms with Gasteiger partial charge in [0.2, 0.25) is 0 Å². The predicted molar refractivity (Wildman–Crippen MR) is 81.2 cm³/mol. The maximum Gasteiger partial charge on any atom is 0.260 e. The maximum absolute atomic E-state index is 12.3. The number of halogens is 1. The number of rotatable bonds is 3. The predicted octanol–water partition coefficient (Wildman–Crippen LogP) is 3.89. The molecule has 21 heavy (non-hydrogen) atoms. The normalized spacial score (nSPS) is 11.3. The summed E-state index contributed by atoms with van der Waals surface area (Å²) in [5.41, 5.74) is 0.161. The van der Waals surface area contributed by atoms with Gasteiger partial charge in [0.25, 0.3) is 5.91 Å².